The molecule has 0 unspecified atom stereocenters. The van der Waals surface area contributed by atoms with E-state index in [2.05, 4.69) is 48.1 Å². The van der Waals surface area contributed by atoms with E-state index < -0.39 is 11.7 Å². The number of hydrogen-bond donors (Lipinski definition) is 1. The van der Waals surface area contributed by atoms with Crippen molar-refractivity contribution in [2.75, 3.05) is 5.32 Å². The largest absolute Gasteiger partial charge is 0.444 e. The molecule has 0 spiro atoms. The maximum absolute atomic E-state index is 11.8. The Labute approximate surface area is 123 Å². The highest BCUT2D eigenvalue weighted by Gasteiger charge is 2.18. The SMILES string of the molecule is CC(C)(C)OC(=O)Nc1cc(Br)cc(C(C)(C)C)c1. The summed E-state index contributed by atoms with van der Waals surface area (Å²) in [5, 5.41) is 2.76. The summed E-state index contributed by atoms with van der Waals surface area (Å²) in [6.07, 6.45) is -0.439. The van der Waals surface area contributed by atoms with E-state index in [0.717, 1.165) is 15.7 Å². The molecule has 0 saturated heterocycles. The summed E-state index contributed by atoms with van der Waals surface area (Å²) in [6.45, 7) is 11.9. The van der Waals surface area contributed by atoms with Gasteiger partial charge in [-0.1, -0.05) is 36.7 Å². The van der Waals surface area contributed by atoms with Crippen LogP contribution in [0, 0.1) is 0 Å². The molecule has 0 aliphatic heterocycles. The number of nitrogens with one attached hydrogen (secondary N) is 1. The molecule has 0 aliphatic rings. The van der Waals surface area contributed by atoms with Gasteiger partial charge in [-0.15, -0.1) is 0 Å². The molecule has 0 heterocycles. The minimum absolute atomic E-state index is 0.0220. The van der Waals surface area contributed by atoms with Crippen LogP contribution in [0.1, 0.15) is 47.1 Å². The van der Waals surface area contributed by atoms with Crippen molar-refractivity contribution in [1.82, 2.24) is 0 Å². The summed E-state index contributed by atoms with van der Waals surface area (Å²) in [5.74, 6) is 0. The highest BCUT2D eigenvalue weighted by molar-refractivity contribution is 9.10. The van der Waals surface area contributed by atoms with Gasteiger partial charge < -0.3 is 4.74 Å². The van der Waals surface area contributed by atoms with Crippen LogP contribution in [0.25, 0.3) is 0 Å². The van der Waals surface area contributed by atoms with E-state index in [0.29, 0.717) is 0 Å². The Balaban J connectivity index is 2.91. The zero-order valence-electron chi connectivity index (χ0n) is 12.4. The van der Waals surface area contributed by atoms with Crippen molar-refractivity contribution < 1.29 is 9.53 Å². The van der Waals surface area contributed by atoms with Crippen molar-refractivity contribution in [2.24, 2.45) is 0 Å². The molecule has 0 fully saturated rings. The lowest BCUT2D eigenvalue weighted by molar-refractivity contribution is 0.0636. The number of benzene rings is 1. The second-order valence-corrected chi connectivity index (χ2v) is 7.52. The second kappa shape index (κ2) is 5.53. The second-order valence-electron chi connectivity index (χ2n) is 6.61. The number of amides is 1. The molecule has 4 heteroatoms. The van der Waals surface area contributed by atoms with Crippen molar-refractivity contribution >= 4 is 27.7 Å². The first-order chi connectivity index (χ1) is 8.47. The molecule has 1 rings (SSSR count). The van der Waals surface area contributed by atoms with Gasteiger partial charge in [-0.05, 0) is 49.9 Å². The van der Waals surface area contributed by atoms with Crippen molar-refractivity contribution in [2.45, 2.75) is 52.6 Å². The predicted molar refractivity (Wildman–Crippen MR) is 82.7 cm³/mol. The summed E-state index contributed by atoms with van der Waals surface area (Å²) in [6, 6.07) is 5.88. The molecule has 0 saturated carbocycles. The highest BCUT2D eigenvalue weighted by Crippen LogP contribution is 2.29. The third-order valence-electron chi connectivity index (χ3n) is 2.41. The van der Waals surface area contributed by atoms with Crippen LogP contribution in [0.4, 0.5) is 10.5 Å². The minimum Gasteiger partial charge on any atom is -0.444 e. The number of hydrogen-bond acceptors (Lipinski definition) is 2. The van der Waals surface area contributed by atoms with Crippen molar-refractivity contribution in [3.8, 4) is 0 Å². The van der Waals surface area contributed by atoms with E-state index in [1.807, 2.05) is 32.9 Å². The number of ether oxygens (including phenoxy) is 1. The van der Waals surface area contributed by atoms with Crippen molar-refractivity contribution in [1.29, 1.82) is 0 Å². The lowest BCUT2D eigenvalue weighted by Crippen LogP contribution is -2.27. The average Bonchev–Trinajstić information content (AvgIpc) is 2.11. The molecule has 0 radical (unpaired) electrons. The van der Waals surface area contributed by atoms with E-state index in [-0.39, 0.29) is 5.41 Å². The molecule has 0 aliphatic carbocycles. The zero-order chi connectivity index (χ0) is 14.8. The van der Waals surface area contributed by atoms with Gasteiger partial charge in [0.25, 0.3) is 0 Å². The Morgan fingerprint density at radius 3 is 2.16 bits per heavy atom. The van der Waals surface area contributed by atoms with Gasteiger partial charge in [0, 0.05) is 10.2 Å². The Morgan fingerprint density at radius 2 is 1.68 bits per heavy atom. The zero-order valence-corrected chi connectivity index (χ0v) is 14.0. The van der Waals surface area contributed by atoms with Gasteiger partial charge in [0.1, 0.15) is 5.60 Å². The molecule has 0 atom stereocenters. The van der Waals surface area contributed by atoms with Crippen LogP contribution < -0.4 is 5.32 Å². The molecular weight excluding hydrogens is 306 g/mol. The molecule has 19 heavy (non-hydrogen) atoms. The Hall–Kier alpha value is -1.03. The van der Waals surface area contributed by atoms with Crippen LogP contribution in [-0.2, 0) is 10.2 Å². The normalized spacial score (nSPS) is 12.2. The molecule has 0 bridgehead atoms. The highest BCUT2D eigenvalue weighted by atomic mass is 79.9. The summed E-state index contributed by atoms with van der Waals surface area (Å²) in [5.41, 5.74) is 1.40. The predicted octanol–water partition coefficient (Wildman–Crippen LogP) is 5.09. The fourth-order valence-electron chi connectivity index (χ4n) is 1.52. The van der Waals surface area contributed by atoms with Crippen LogP contribution in [0.3, 0.4) is 0 Å². The summed E-state index contributed by atoms with van der Waals surface area (Å²) >= 11 is 3.46. The van der Waals surface area contributed by atoms with E-state index in [9.17, 15) is 4.79 Å². The van der Waals surface area contributed by atoms with Gasteiger partial charge in [-0.25, -0.2) is 4.79 Å². The van der Waals surface area contributed by atoms with Crippen LogP contribution in [0.15, 0.2) is 22.7 Å². The van der Waals surface area contributed by atoms with Gasteiger partial charge in [0.15, 0.2) is 0 Å². The molecule has 1 aromatic rings. The van der Waals surface area contributed by atoms with Crippen molar-refractivity contribution in [3.05, 3.63) is 28.2 Å². The maximum atomic E-state index is 11.8. The number of carbonyl (C=O) groups is 1. The lowest BCUT2D eigenvalue weighted by Gasteiger charge is -2.22. The van der Waals surface area contributed by atoms with Gasteiger partial charge in [0.2, 0.25) is 0 Å². The monoisotopic (exact) mass is 327 g/mol. The van der Waals surface area contributed by atoms with Gasteiger partial charge in [-0.3, -0.25) is 5.32 Å². The van der Waals surface area contributed by atoms with Crippen LogP contribution in [0.5, 0.6) is 0 Å². The van der Waals surface area contributed by atoms with Gasteiger partial charge >= 0.3 is 6.09 Å². The third-order valence-corrected chi connectivity index (χ3v) is 2.87. The van der Waals surface area contributed by atoms with Crippen LogP contribution >= 0.6 is 15.9 Å². The average molecular weight is 328 g/mol. The third kappa shape index (κ3) is 5.64. The van der Waals surface area contributed by atoms with Crippen LogP contribution in [0.2, 0.25) is 0 Å². The Bertz CT molecular complexity index is 470. The first-order valence-corrected chi connectivity index (χ1v) is 7.08. The van der Waals surface area contributed by atoms with Gasteiger partial charge in [-0.2, -0.15) is 0 Å². The summed E-state index contributed by atoms with van der Waals surface area (Å²) < 4.78 is 6.18. The first-order valence-electron chi connectivity index (χ1n) is 6.28. The lowest BCUT2D eigenvalue weighted by atomic mass is 9.87. The first kappa shape index (κ1) is 16.0. The molecule has 1 N–H and O–H groups in total. The number of carbonyl (C=O) groups excluding carboxylic acids is 1. The topological polar surface area (TPSA) is 38.3 Å². The fourth-order valence-corrected chi connectivity index (χ4v) is 2.01. The molecule has 1 aromatic carbocycles. The molecule has 106 valence electrons. The molecular formula is C15H22BrNO2. The fraction of sp³-hybridized carbons (Fsp3) is 0.533. The Kier molecular flexibility index (Phi) is 4.67. The standard InChI is InChI=1S/C15H22BrNO2/c1-14(2,3)10-7-11(16)9-12(8-10)17-13(18)19-15(4,5)6/h7-9H,1-6H3,(H,17,18). The van der Waals surface area contributed by atoms with E-state index in [1.165, 1.54) is 0 Å². The van der Waals surface area contributed by atoms with E-state index in [4.69, 9.17) is 4.74 Å². The smallest absolute Gasteiger partial charge is 0.412 e. The number of anilines is 1. The summed E-state index contributed by atoms with van der Waals surface area (Å²) in [4.78, 5) is 11.8. The van der Waals surface area contributed by atoms with E-state index in [1.54, 1.807) is 0 Å². The summed E-state index contributed by atoms with van der Waals surface area (Å²) in [7, 11) is 0. The molecule has 0 aromatic heterocycles. The van der Waals surface area contributed by atoms with Crippen molar-refractivity contribution in [3.63, 3.8) is 0 Å². The van der Waals surface area contributed by atoms with Crippen LogP contribution in [-0.4, -0.2) is 11.7 Å². The molecule has 3 nitrogen and oxygen atoms in total. The maximum Gasteiger partial charge on any atom is 0.412 e. The molecule has 1 amide bonds. The number of rotatable bonds is 1. The minimum atomic E-state index is -0.497. The number of halogens is 1. The quantitative estimate of drug-likeness (QED) is 0.779. The Morgan fingerprint density at radius 1 is 1.11 bits per heavy atom. The van der Waals surface area contributed by atoms with E-state index >= 15 is 0 Å². The van der Waals surface area contributed by atoms with Gasteiger partial charge in [0.05, 0.1) is 0 Å².